The van der Waals surface area contributed by atoms with Crippen molar-refractivity contribution in [2.75, 3.05) is 47.5 Å². The van der Waals surface area contributed by atoms with Crippen molar-refractivity contribution in [2.45, 2.75) is 238 Å². The molecular formula is C66H113NO8P+. The highest BCUT2D eigenvalue weighted by atomic mass is 31.2. The molecule has 0 fully saturated rings. The van der Waals surface area contributed by atoms with E-state index < -0.39 is 26.5 Å². The lowest BCUT2D eigenvalue weighted by molar-refractivity contribution is -0.870. The summed E-state index contributed by atoms with van der Waals surface area (Å²) in [5.41, 5.74) is 0. The standard InChI is InChI=1S/C66H112NO8P/c1-6-8-10-12-14-16-18-20-22-24-26-28-30-32-33-35-37-39-41-43-45-47-49-51-53-55-57-59-66(69)75-64(63-74-76(70,71)73-61-60-67(3,4)5)62-72-65(68)58-56-54-52-50-48-46-44-42-40-38-36-34-31-29-27-25-23-21-19-17-15-13-11-9-7-2/h8,10,14,16,19-22,25-28,31-34,37,39,43,45,64H,6-7,9,11-13,15,17-18,23-24,29-30,35-36,38,40-42,44,46-63H2,1-5H3/p+1/b10-8-,16-14-,21-19-,22-20-,27-25-,28-26-,33-32-,34-31-,39-37-,45-43-. The van der Waals surface area contributed by atoms with Gasteiger partial charge in [0.05, 0.1) is 27.7 Å². The Morgan fingerprint density at radius 2 is 0.750 bits per heavy atom. The van der Waals surface area contributed by atoms with E-state index in [1.54, 1.807) is 0 Å². The molecule has 2 unspecified atom stereocenters. The number of esters is 2. The maximum absolute atomic E-state index is 12.8. The molecule has 9 nitrogen and oxygen atoms in total. The fourth-order valence-corrected chi connectivity index (χ4v) is 8.57. The van der Waals surface area contributed by atoms with E-state index in [0.717, 1.165) is 116 Å². The number of phosphoric ester groups is 1. The van der Waals surface area contributed by atoms with Gasteiger partial charge in [0.1, 0.15) is 19.8 Å². The number of hydrogen-bond acceptors (Lipinski definition) is 7. The number of carbonyl (C=O) groups excluding carboxylic acids is 2. The number of carbonyl (C=O) groups is 2. The second kappa shape index (κ2) is 56.1. The Morgan fingerprint density at radius 3 is 1.12 bits per heavy atom. The van der Waals surface area contributed by atoms with E-state index >= 15 is 0 Å². The number of unbranched alkanes of at least 4 members (excludes halogenated alkanes) is 20. The summed E-state index contributed by atoms with van der Waals surface area (Å²) < 4.78 is 34.6. The van der Waals surface area contributed by atoms with Crippen molar-refractivity contribution in [3.8, 4) is 0 Å². The number of ether oxygens (including phenoxy) is 2. The van der Waals surface area contributed by atoms with Gasteiger partial charge in [0.15, 0.2) is 6.10 Å². The highest BCUT2D eigenvalue weighted by Gasteiger charge is 2.27. The third-order valence-corrected chi connectivity index (χ3v) is 13.5. The lowest BCUT2D eigenvalue weighted by Gasteiger charge is -2.24. The van der Waals surface area contributed by atoms with E-state index in [-0.39, 0.29) is 32.0 Å². The molecule has 0 rings (SSSR count). The lowest BCUT2D eigenvalue weighted by atomic mass is 10.1. The molecule has 1 N–H and O–H groups in total. The Labute approximate surface area is 467 Å². The molecule has 0 spiro atoms. The summed E-state index contributed by atoms with van der Waals surface area (Å²) in [6, 6.07) is 0. The first-order valence-electron chi connectivity index (χ1n) is 30.3. The molecular weight excluding hydrogens is 966 g/mol. The minimum Gasteiger partial charge on any atom is -0.462 e. The van der Waals surface area contributed by atoms with Crippen molar-refractivity contribution in [3.05, 3.63) is 122 Å². The average Bonchev–Trinajstić information content (AvgIpc) is 3.38. The molecule has 0 aromatic heterocycles. The van der Waals surface area contributed by atoms with Gasteiger partial charge in [-0.2, -0.15) is 0 Å². The maximum atomic E-state index is 12.8. The van der Waals surface area contributed by atoms with Crippen LogP contribution in [0.4, 0.5) is 0 Å². The van der Waals surface area contributed by atoms with Gasteiger partial charge in [0.25, 0.3) is 0 Å². The van der Waals surface area contributed by atoms with Crippen molar-refractivity contribution in [2.24, 2.45) is 0 Å². The van der Waals surface area contributed by atoms with Gasteiger partial charge in [0, 0.05) is 12.8 Å². The predicted molar refractivity (Wildman–Crippen MR) is 325 cm³/mol. The second-order valence-electron chi connectivity index (χ2n) is 21.0. The third kappa shape index (κ3) is 59.7. The summed E-state index contributed by atoms with van der Waals surface area (Å²) in [5.74, 6) is -0.830. The molecule has 2 atom stereocenters. The summed E-state index contributed by atoms with van der Waals surface area (Å²) in [4.78, 5) is 35.7. The van der Waals surface area contributed by atoms with Gasteiger partial charge >= 0.3 is 19.8 Å². The van der Waals surface area contributed by atoms with Crippen molar-refractivity contribution in [3.63, 3.8) is 0 Å². The van der Waals surface area contributed by atoms with Crippen molar-refractivity contribution < 1.29 is 42.1 Å². The molecule has 76 heavy (non-hydrogen) atoms. The van der Waals surface area contributed by atoms with Crippen LogP contribution in [0.3, 0.4) is 0 Å². The van der Waals surface area contributed by atoms with Crippen molar-refractivity contribution >= 4 is 19.8 Å². The summed E-state index contributed by atoms with van der Waals surface area (Å²) in [7, 11) is 1.44. The lowest BCUT2D eigenvalue weighted by Crippen LogP contribution is -2.37. The Balaban J connectivity index is 4.25. The third-order valence-electron chi connectivity index (χ3n) is 12.5. The molecule has 0 saturated carbocycles. The number of nitrogens with zero attached hydrogens (tertiary/aromatic N) is 1. The van der Waals surface area contributed by atoms with E-state index in [9.17, 15) is 19.0 Å². The van der Waals surface area contributed by atoms with E-state index in [1.165, 1.54) is 83.5 Å². The molecule has 0 aliphatic heterocycles. The Hall–Kier alpha value is -3.59. The zero-order valence-electron chi connectivity index (χ0n) is 49.2. The van der Waals surface area contributed by atoms with Crippen LogP contribution in [-0.2, 0) is 32.7 Å². The van der Waals surface area contributed by atoms with Crippen molar-refractivity contribution in [1.29, 1.82) is 0 Å². The molecule has 0 bridgehead atoms. The van der Waals surface area contributed by atoms with Crippen LogP contribution in [-0.4, -0.2) is 74.9 Å². The van der Waals surface area contributed by atoms with Crippen LogP contribution < -0.4 is 0 Å². The fraction of sp³-hybridized carbons (Fsp3) is 0.667. The predicted octanol–water partition coefficient (Wildman–Crippen LogP) is 19.1. The first-order valence-corrected chi connectivity index (χ1v) is 31.8. The molecule has 0 radical (unpaired) electrons. The van der Waals surface area contributed by atoms with Gasteiger partial charge in [-0.05, 0) is 109 Å². The van der Waals surface area contributed by atoms with Crippen LogP contribution in [0, 0.1) is 0 Å². The minimum absolute atomic E-state index is 0.0200. The molecule has 434 valence electrons. The van der Waals surface area contributed by atoms with Crippen LogP contribution >= 0.6 is 7.82 Å². The topological polar surface area (TPSA) is 108 Å². The van der Waals surface area contributed by atoms with Crippen LogP contribution in [0.5, 0.6) is 0 Å². The fourth-order valence-electron chi connectivity index (χ4n) is 7.83. The number of hydrogen-bond donors (Lipinski definition) is 1. The van der Waals surface area contributed by atoms with E-state index in [4.69, 9.17) is 18.5 Å². The highest BCUT2D eigenvalue weighted by Crippen LogP contribution is 2.43. The summed E-state index contributed by atoms with van der Waals surface area (Å²) in [5, 5.41) is 0. The highest BCUT2D eigenvalue weighted by molar-refractivity contribution is 7.47. The monoisotopic (exact) mass is 1080 g/mol. The summed E-state index contributed by atoms with van der Waals surface area (Å²) in [6.45, 7) is 4.27. The number of allylic oxidation sites excluding steroid dienone is 20. The number of quaternary nitrogens is 1. The zero-order valence-corrected chi connectivity index (χ0v) is 50.1. The normalized spacial score (nSPS) is 14.1. The zero-order chi connectivity index (χ0) is 55.6. The number of phosphoric acid groups is 1. The summed E-state index contributed by atoms with van der Waals surface area (Å²) >= 11 is 0. The van der Waals surface area contributed by atoms with Gasteiger partial charge in [-0.1, -0.05) is 232 Å². The van der Waals surface area contributed by atoms with Crippen LogP contribution in [0.25, 0.3) is 0 Å². The molecule has 0 heterocycles. The molecule has 0 aliphatic rings. The number of likely N-dealkylation sites (N-methyl/N-ethyl adjacent to an activating group) is 1. The SMILES string of the molecule is CC/C=C\C/C=C\C/C=C\C/C=C\C/C=C\C/C=C\C/C=C\CCCCCCCC(=O)OC(COC(=O)CCCCCCCCCCCC/C=C\C/C=C\C/C=C\CCCCCCC)COP(=O)(O)OCC[N+](C)(C)C. The second-order valence-corrected chi connectivity index (χ2v) is 22.5. The Kier molecular flexibility index (Phi) is 53.5. The van der Waals surface area contributed by atoms with Gasteiger partial charge < -0.3 is 18.9 Å². The van der Waals surface area contributed by atoms with Crippen molar-refractivity contribution in [1.82, 2.24) is 0 Å². The van der Waals surface area contributed by atoms with Gasteiger partial charge in [-0.15, -0.1) is 0 Å². The molecule has 0 saturated heterocycles. The average molecular weight is 1080 g/mol. The number of rotatable bonds is 54. The van der Waals surface area contributed by atoms with E-state index in [2.05, 4.69) is 135 Å². The summed E-state index contributed by atoms with van der Waals surface area (Å²) in [6.07, 6.45) is 79.8. The largest absolute Gasteiger partial charge is 0.472 e. The quantitative estimate of drug-likeness (QED) is 0.0211. The van der Waals surface area contributed by atoms with E-state index in [1.807, 2.05) is 21.1 Å². The van der Waals surface area contributed by atoms with Crippen LogP contribution in [0.2, 0.25) is 0 Å². The minimum atomic E-state index is -4.40. The molecule has 0 aromatic carbocycles. The van der Waals surface area contributed by atoms with Gasteiger partial charge in [-0.3, -0.25) is 18.6 Å². The first kappa shape index (κ1) is 72.4. The molecule has 0 aromatic rings. The molecule has 10 heteroatoms. The maximum Gasteiger partial charge on any atom is 0.472 e. The smallest absolute Gasteiger partial charge is 0.462 e. The van der Waals surface area contributed by atoms with Crippen LogP contribution in [0.15, 0.2) is 122 Å². The van der Waals surface area contributed by atoms with Crippen LogP contribution in [0.1, 0.15) is 232 Å². The van der Waals surface area contributed by atoms with E-state index in [0.29, 0.717) is 17.4 Å². The van der Waals surface area contributed by atoms with Gasteiger partial charge in [-0.25, -0.2) is 4.57 Å². The first-order chi connectivity index (χ1) is 37.0. The Morgan fingerprint density at radius 1 is 0.421 bits per heavy atom. The van der Waals surface area contributed by atoms with Gasteiger partial charge in [0.2, 0.25) is 0 Å². The molecule has 0 amide bonds. The Bertz CT molecular complexity index is 1700. The molecule has 0 aliphatic carbocycles.